The summed E-state index contributed by atoms with van der Waals surface area (Å²) >= 11 is -0.128. The van der Waals surface area contributed by atoms with E-state index in [2.05, 4.69) is 72.9 Å². The molecule has 25 heavy (non-hydrogen) atoms. The van der Waals surface area contributed by atoms with Crippen LogP contribution in [-0.2, 0) is 0 Å². The molecule has 2 unspecified atom stereocenters. The topological polar surface area (TPSA) is 30.9 Å². The first-order valence-electron chi connectivity index (χ1n) is 8.57. The Morgan fingerprint density at radius 1 is 0.920 bits per heavy atom. The monoisotopic (exact) mass is 435 g/mol. The molecule has 0 amide bonds. The molecule has 2 aromatic carbocycles. The Balaban J connectivity index is 1.69. The predicted octanol–water partition coefficient (Wildman–Crippen LogP) is 1.42. The Bertz CT molecular complexity index is 1190. The maximum atomic E-state index is 6.56. The number of nitrogens with zero attached hydrogens (tertiary/aromatic N) is 1. The second kappa shape index (κ2) is 4.88. The zero-order chi connectivity index (χ0) is 16.5. The van der Waals surface area contributed by atoms with E-state index in [1.807, 2.05) is 4.68 Å². The molecule has 3 aliphatic rings. The first-order chi connectivity index (χ1) is 12.3. The van der Waals surface area contributed by atoms with Crippen LogP contribution in [0.15, 0.2) is 76.4 Å². The second-order valence-electron chi connectivity index (χ2n) is 6.79. The molecule has 122 valence electrons. The molecular formula is C22H16IN2-. The summed E-state index contributed by atoms with van der Waals surface area (Å²) in [6.45, 7) is 0. The van der Waals surface area contributed by atoms with Gasteiger partial charge < -0.3 is 0 Å². The Kier molecular flexibility index (Phi) is 2.73. The quantitative estimate of drug-likeness (QED) is 0.421. The predicted molar refractivity (Wildman–Crippen MR) is 99.6 cm³/mol. The molecule has 2 heterocycles. The van der Waals surface area contributed by atoms with Crippen LogP contribution < -0.4 is 27.0 Å². The summed E-state index contributed by atoms with van der Waals surface area (Å²) in [7, 11) is 0. The molecule has 2 atom stereocenters. The Hall–Kier alpha value is -2.27. The average Bonchev–Trinajstić information content (AvgIpc) is 3.18. The molecule has 6 rings (SSSR count). The number of nitrogen functional groups attached to an aromatic ring is 1. The molecule has 0 saturated carbocycles. The molecule has 2 N–H and O–H groups in total. The molecule has 0 fully saturated rings. The third-order valence-electron chi connectivity index (χ3n) is 5.51. The van der Waals surface area contributed by atoms with Crippen molar-refractivity contribution in [1.29, 1.82) is 0 Å². The Morgan fingerprint density at radius 2 is 1.80 bits per heavy atom. The van der Waals surface area contributed by atoms with Gasteiger partial charge >= 0.3 is 157 Å². The molecule has 2 aliphatic carbocycles. The zero-order valence-electron chi connectivity index (χ0n) is 13.5. The van der Waals surface area contributed by atoms with Crippen LogP contribution in [0.4, 0.5) is 0 Å². The Morgan fingerprint density at radius 3 is 2.76 bits per heavy atom. The number of fused-ring (bicyclic) bond motifs is 8. The molecule has 1 aliphatic heterocycles. The summed E-state index contributed by atoms with van der Waals surface area (Å²) in [5, 5.41) is 2.51. The summed E-state index contributed by atoms with van der Waals surface area (Å²) in [4.78, 5) is 0. The van der Waals surface area contributed by atoms with Gasteiger partial charge in [-0.05, 0) is 0 Å². The van der Waals surface area contributed by atoms with E-state index in [-0.39, 0.29) is 21.2 Å². The van der Waals surface area contributed by atoms with Gasteiger partial charge in [0.2, 0.25) is 0 Å². The maximum absolute atomic E-state index is 6.56. The first-order valence-corrected chi connectivity index (χ1v) is 10.7. The van der Waals surface area contributed by atoms with Gasteiger partial charge in [-0.2, -0.15) is 0 Å². The molecule has 0 saturated heterocycles. The molecule has 2 nitrogen and oxygen atoms in total. The van der Waals surface area contributed by atoms with E-state index < -0.39 is 0 Å². The average molecular weight is 435 g/mol. The minimum atomic E-state index is -0.128. The van der Waals surface area contributed by atoms with Gasteiger partial charge in [-0.3, -0.25) is 0 Å². The van der Waals surface area contributed by atoms with Crippen molar-refractivity contribution in [2.24, 2.45) is 11.8 Å². The van der Waals surface area contributed by atoms with Crippen molar-refractivity contribution in [3.63, 3.8) is 0 Å². The van der Waals surface area contributed by atoms with E-state index in [9.17, 15) is 0 Å². The van der Waals surface area contributed by atoms with Crippen molar-refractivity contribution in [1.82, 2.24) is 4.68 Å². The van der Waals surface area contributed by atoms with Crippen LogP contribution in [0.3, 0.4) is 0 Å². The van der Waals surface area contributed by atoms with Crippen molar-refractivity contribution in [2.45, 2.75) is 0 Å². The van der Waals surface area contributed by atoms with E-state index in [1.54, 1.807) is 3.58 Å². The minimum absolute atomic E-state index is 0.128. The van der Waals surface area contributed by atoms with Crippen LogP contribution in [0.5, 0.6) is 0 Å². The summed E-state index contributed by atoms with van der Waals surface area (Å²) < 4.78 is 5.07. The van der Waals surface area contributed by atoms with E-state index >= 15 is 0 Å². The third kappa shape index (κ3) is 1.74. The second-order valence-corrected chi connectivity index (χ2v) is 9.66. The van der Waals surface area contributed by atoms with Crippen molar-refractivity contribution in [3.05, 3.63) is 85.6 Å². The number of para-hydroxylation sites is 1. The van der Waals surface area contributed by atoms with Crippen LogP contribution in [0.2, 0.25) is 0 Å². The third-order valence-corrected chi connectivity index (χ3v) is 8.87. The molecule has 3 aromatic rings. The summed E-state index contributed by atoms with van der Waals surface area (Å²) in [6, 6.07) is 13.1. The van der Waals surface area contributed by atoms with Gasteiger partial charge in [0.1, 0.15) is 0 Å². The number of benzene rings is 2. The summed E-state index contributed by atoms with van der Waals surface area (Å²) in [5.74, 6) is 7.62. The van der Waals surface area contributed by atoms with E-state index in [0.717, 1.165) is 5.52 Å². The summed E-state index contributed by atoms with van der Waals surface area (Å²) in [5.41, 5.74) is 5.12. The fourth-order valence-electron chi connectivity index (χ4n) is 4.36. The molecular weight excluding hydrogens is 419 g/mol. The van der Waals surface area contributed by atoms with Gasteiger partial charge in [-0.1, -0.05) is 0 Å². The van der Waals surface area contributed by atoms with Gasteiger partial charge in [0, 0.05) is 0 Å². The number of hydrogen-bond donors (Lipinski definition) is 1. The molecule has 0 bridgehead atoms. The van der Waals surface area contributed by atoms with Crippen molar-refractivity contribution in [2.75, 3.05) is 5.84 Å². The van der Waals surface area contributed by atoms with Crippen LogP contribution in [0.1, 0.15) is 5.56 Å². The zero-order valence-corrected chi connectivity index (χ0v) is 15.6. The van der Waals surface area contributed by atoms with Crippen molar-refractivity contribution in [3.8, 4) is 0 Å². The van der Waals surface area contributed by atoms with E-state index in [0.29, 0.717) is 11.8 Å². The van der Waals surface area contributed by atoms with Crippen molar-refractivity contribution >= 4 is 27.4 Å². The van der Waals surface area contributed by atoms with Crippen LogP contribution >= 0.6 is 0 Å². The van der Waals surface area contributed by atoms with Gasteiger partial charge in [0.05, 0.1) is 0 Å². The number of rotatable bonds is 0. The molecule has 0 spiro atoms. The molecule has 1 aromatic heterocycles. The van der Waals surface area contributed by atoms with Gasteiger partial charge in [0.15, 0.2) is 0 Å². The normalized spacial score (nSPS) is 23.7. The first kappa shape index (κ1) is 14.0. The van der Waals surface area contributed by atoms with Gasteiger partial charge in [-0.25, -0.2) is 0 Å². The number of halogens is 1. The fraction of sp³-hybridized carbons (Fsp3) is 0.0909. The number of allylic oxidation sites excluding steroid dienone is 8. The fourth-order valence-corrected chi connectivity index (χ4v) is 7.88. The molecule has 0 radical (unpaired) electrons. The molecule has 3 heteroatoms. The SMILES string of the molecule is Nn1c2ccccc2c2ccc3c(c21)C1=C([I-]3)C2C=CC=CC2C=C1. The Labute approximate surface area is 156 Å². The summed E-state index contributed by atoms with van der Waals surface area (Å²) in [6.07, 6.45) is 13.8. The van der Waals surface area contributed by atoms with Crippen LogP contribution in [-0.4, -0.2) is 4.68 Å². The number of hydrogen-bond acceptors (Lipinski definition) is 1. The number of nitrogens with two attached hydrogens (primary N) is 1. The number of aromatic nitrogens is 1. The van der Waals surface area contributed by atoms with Crippen molar-refractivity contribution < 1.29 is 21.2 Å². The van der Waals surface area contributed by atoms with Crippen LogP contribution in [0.25, 0.3) is 27.4 Å². The van der Waals surface area contributed by atoms with E-state index in [4.69, 9.17) is 5.84 Å². The standard InChI is InChI=1S/C22H16IN2/c24-25-19-8-4-3-7-15(19)16-11-12-18-20(22(16)25)17-10-9-13-5-1-2-6-14(13)21(17)23-18/h1-14H,24H2/q-1. The van der Waals surface area contributed by atoms with Gasteiger partial charge in [-0.15, -0.1) is 0 Å². The van der Waals surface area contributed by atoms with E-state index in [1.165, 1.54) is 31.0 Å². The van der Waals surface area contributed by atoms with Gasteiger partial charge in [0.25, 0.3) is 0 Å². The van der Waals surface area contributed by atoms with Crippen LogP contribution in [0, 0.1) is 15.4 Å².